The van der Waals surface area contributed by atoms with Crippen molar-refractivity contribution in [3.05, 3.63) is 70.8 Å². The highest BCUT2D eigenvalue weighted by Crippen LogP contribution is 2.41. The van der Waals surface area contributed by atoms with E-state index in [1.54, 1.807) is 19.5 Å². The Morgan fingerprint density at radius 1 is 1.03 bits per heavy atom. The van der Waals surface area contributed by atoms with Crippen LogP contribution in [-0.4, -0.2) is 38.2 Å². The standard InChI is InChI=1S/C26H21ClN6O/c1-14-4-3-5-16-18-10-20(27)23-17(6-8-28-23)22(18)25-19-13-32(26-29-11-15(34-2)12-30-26)9-7-21(19)31-33(25)24(14)16/h3-6,8,10-12,31H,7,9,13H2,1-2H3. The molecule has 1 aliphatic rings. The second kappa shape index (κ2) is 7.08. The smallest absolute Gasteiger partial charge is 0.225 e. The van der Waals surface area contributed by atoms with Gasteiger partial charge in [-0.1, -0.05) is 29.8 Å². The van der Waals surface area contributed by atoms with Gasteiger partial charge in [-0.05, 0) is 30.0 Å². The van der Waals surface area contributed by atoms with E-state index in [-0.39, 0.29) is 0 Å². The van der Waals surface area contributed by atoms with Gasteiger partial charge in [0, 0.05) is 53.1 Å². The number of hydrogen-bond donors (Lipinski definition) is 1. The third-order valence-corrected chi connectivity index (χ3v) is 7.25. The number of para-hydroxylation sites is 1. The van der Waals surface area contributed by atoms with Gasteiger partial charge in [-0.25, -0.2) is 9.97 Å². The number of nitrogens with one attached hydrogen (secondary N) is 1. The SMILES string of the molecule is COc1cnc(N2CCc3[nH]n4c5c(C)cccc5c5cc(Cl)c6nccc6c5c4c3C2)nc1. The third-order valence-electron chi connectivity index (χ3n) is 6.96. The molecule has 2 aromatic carbocycles. The number of anilines is 1. The van der Waals surface area contributed by atoms with Gasteiger partial charge in [0.15, 0.2) is 5.75 Å². The van der Waals surface area contributed by atoms with Crippen LogP contribution in [0.4, 0.5) is 5.95 Å². The maximum Gasteiger partial charge on any atom is 0.225 e. The van der Waals surface area contributed by atoms with Gasteiger partial charge in [-0.3, -0.25) is 14.6 Å². The molecule has 1 N–H and O–H groups in total. The molecule has 0 atom stereocenters. The van der Waals surface area contributed by atoms with Crippen molar-refractivity contribution < 1.29 is 4.74 Å². The van der Waals surface area contributed by atoms with Gasteiger partial charge >= 0.3 is 0 Å². The molecule has 7 rings (SSSR count). The van der Waals surface area contributed by atoms with Crippen molar-refractivity contribution >= 4 is 55.6 Å². The zero-order valence-electron chi connectivity index (χ0n) is 18.8. The van der Waals surface area contributed by atoms with Crippen molar-refractivity contribution in [2.75, 3.05) is 18.6 Å². The summed E-state index contributed by atoms with van der Waals surface area (Å²) in [5.74, 6) is 1.36. The lowest BCUT2D eigenvalue weighted by Gasteiger charge is -2.26. The molecule has 6 aromatic rings. The van der Waals surface area contributed by atoms with Crippen molar-refractivity contribution in [1.82, 2.24) is 24.6 Å². The van der Waals surface area contributed by atoms with Gasteiger partial charge in [0.2, 0.25) is 5.95 Å². The van der Waals surface area contributed by atoms with Crippen molar-refractivity contribution in [3.63, 3.8) is 0 Å². The first-order valence-electron chi connectivity index (χ1n) is 11.3. The third kappa shape index (κ3) is 2.61. The number of nitrogens with zero attached hydrogens (tertiary/aromatic N) is 5. The molecular formula is C26H21ClN6O. The number of ether oxygens (including phenoxy) is 1. The van der Waals surface area contributed by atoms with Gasteiger partial charge in [-0.2, -0.15) is 0 Å². The van der Waals surface area contributed by atoms with E-state index in [9.17, 15) is 0 Å². The Morgan fingerprint density at radius 3 is 2.71 bits per heavy atom. The Hall–Kier alpha value is -3.84. The van der Waals surface area contributed by atoms with E-state index >= 15 is 0 Å². The zero-order chi connectivity index (χ0) is 23.0. The number of rotatable bonds is 2. The van der Waals surface area contributed by atoms with Gasteiger partial charge in [-0.15, -0.1) is 0 Å². The number of fused-ring (bicyclic) bond motifs is 10. The summed E-state index contributed by atoms with van der Waals surface area (Å²) >= 11 is 6.70. The van der Waals surface area contributed by atoms with E-state index in [1.165, 1.54) is 38.6 Å². The van der Waals surface area contributed by atoms with Crippen LogP contribution in [0.15, 0.2) is 48.9 Å². The molecule has 7 nitrogen and oxygen atoms in total. The number of halogens is 1. The van der Waals surface area contributed by atoms with Crippen LogP contribution in [-0.2, 0) is 13.0 Å². The Kier molecular flexibility index (Phi) is 4.08. The quantitative estimate of drug-likeness (QED) is 0.342. The molecule has 0 bridgehead atoms. The molecule has 0 unspecified atom stereocenters. The average Bonchev–Trinajstić information content (AvgIpc) is 3.50. The summed E-state index contributed by atoms with van der Waals surface area (Å²) in [6.45, 7) is 3.70. The molecule has 5 heterocycles. The second-order valence-corrected chi connectivity index (χ2v) is 9.21. The maximum atomic E-state index is 6.70. The van der Waals surface area contributed by atoms with Crippen LogP contribution in [0.5, 0.6) is 5.75 Å². The molecule has 0 radical (unpaired) electrons. The Balaban J connectivity index is 1.57. The van der Waals surface area contributed by atoms with E-state index in [1.807, 2.05) is 6.20 Å². The minimum atomic E-state index is 0.653. The van der Waals surface area contributed by atoms with Crippen LogP contribution in [0, 0.1) is 6.92 Å². The fraction of sp³-hybridized carbons (Fsp3) is 0.192. The Morgan fingerprint density at radius 2 is 1.88 bits per heavy atom. The van der Waals surface area contributed by atoms with Crippen LogP contribution in [0.1, 0.15) is 16.8 Å². The maximum absolute atomic E-state index is 6.70. The summed E-state index contributed by atoms with van der Waals surface area (Å²) in [6, 6.07) is 10.6. The predicted octanol–water partition coefficient (Wildman–Crippen LogP) is 5.45. The number of aryl methyl sites for hydroxylation is 1. The molecule has 0 amide bonds. The number of aromatic amines is 1. The Bertz CT molecular complexity index is 1750. The molecule has 4 aromatic heterocycles. The largest absolute Gasteiger partial charge is 0.494 e. The molecular weight excluding hydrogens is 448 g/mol. The average molecular weight is 469 g/mol. The van der Waals surface area contributed by atoms with Crippen molar-refractivity contribution in [2.45, 2.75) is 19.9 Å². The lowest BCUT2D eigenvalue weighted by molar-refractivity contribution is 0.410. The van der Waals surface area contributed by atoms with E-state index in [2.05, 4.69) is 66.7 Å². The lowest BCUT2D eigenvalue weighted by Crippen LogP contribution is -2.31. The molecule has 0 spiro atoms. The molecule has 168 valence electrons. The molecule has 0 aliphatic carbocycles. The number of hydrogen-bond acceptors (Lipinski definition) is 5. The van der Waals surface area contributed by atoms with E-state index in [0.29, 0.717) is 23.3 Å². The Labute approximate surface area is 199 Å². The summed E-state index contributed by atoms with van der Waals surface area (Å²) in [5, 5.41) is 8.97. The lowest BCUT2D eigenvalue weighted by atomic mass is 9.97. The van der Waals surface area contributed by atoms with Gasteiger partial charge in [0.25, 0.3) is 0 Å². The van der Waals surface area contributed by atoms with Crippen molar-refractivity contribution in [1.29, 1.82) is 0 Å². The predicted molar refractivity (Wildman–Crippen MR) is 135 cm³/mol. The van der Waals surface area contributed by atoms with Gasteiger partial charge in [0.1, 0.15) is 0 Å². The van der Waals surface area contributed by atoms with Gasteiger partial charge in [0.05, 0.1) is 41.1 Å². The van der Waals surface area contributed by atoms with Crippen molar-refractivity contribution in [3.8, 4) is 5.75 Å². The van der Waals surface area contributed by atoms with Crippen LogP contribution in [0.2, 0.25) is 5.02 Å². The first-order chi connectivity index (χ1) is 16.6. The number of benzene rings is 2. The number of methoxy groups -OCH3 is 1. The molecule has 0 fully saturated rings. The van der Waals surface area contributed by atoms with Crippen LogP contribution in [0.25, 0.3) is 38.1 Å². The molecule has 8 heteroatoms. The fourth-order valence-electron chi connectivity index (χ4n) is 5.39. The van der Waals surface area contributed by atoms with Crippen molar-refractivity contribution in [2.24, 2.45) is 0 Å². The topological polar surface area (TPSA) is 71.3 Å². The normalized spacial score (nSPS) is 13.9. The summed E-state index contributed by atoms with van der Waals surface area (Å²) in [4.78, 5) is 15.8. The zero-order valence-corrected chi connectivity index (χ0v) is 19.5. The highest BCUT2D eigenvalue weighted by Gasteiger charge is 2.26. The second-order valence-electron chi connectivity index (χ2n) is 8.81. The molecule has 0 saturated heterocycles. The number of H-pyrrole nitrogens is 1. The summed E-state index contributed by atoms with van der Waals surface area (Å²) in [6.07, 6.45) is 6.14. The highest BCUT2D eigenvalue weighted by atomic mass is 35.5. The highest BCUT2D eigenvalue weighted by molar-refractivity contribution is 6.39. The van der Waals surface area contributed by atoms with E-state index in [0.717, 1.165) is 29.3 Å². The van der Waals surface area contributed by atoms with E-state index < -0.39 is 0 Å². The van der Waals surface area contributed by atoms with Crippen LogP contribution in [0.3, 0.4) is 0 Å². The number of aromatic nitrogens is 5. The minimum absolute atomic E-state index is 0.653. The summed E-state index contributed by atoms with van der Waals surface area (Å²) < 4.78 is 7.49. The summed E-state index contributed by atoms with van der Waals surface area (Å²) in [5.41, 5.74) is 6.88. The molecule has 0 saturated carbocycles. The van der Waals surface area contributed by atoms with Gasteiger partial charge < -0.3 is 9.64 Å². The van der Waals surface area contributed by atoms with E-state index in [4.69, 9.17) is 16.3 Å². The fourth-order valence-corrected chi connectivity index (χ4v) is 5.65. The minimum Gasteiger partial charge on any atom is -0.494 e. The van der Waals surface area contributed by atoms with Crippen LogP contribution < -0.4 is 9.64 Å². The number of pyridine rings is 1. The monoisotopic (exact) mass is 468 g/mol. The first-order valence-corrected chi connectivity index (χ1v) is 11.6. The molecule has 1 aliphatic heterocycles. The van der Waals surface area contributed by atoms with Crippen LogP contribution >= 0.6 is 11.6 Å². The molecule has 34 heavy (non-hydrogen) atoms. The first kappa shape index (κ1) is 19.6. The summed E-state index contributed by atoms with van der Waals surface area (Å²) in [7, 11) is 1.62.